The van der Waals surface area contributed by atoms with Crippen LogP contribution in [-0.2, 0) is 13.0 Å². The Bertz CT molecular complexity index is 623. The van der Waals surface area contributed by atoms with Crippen LogP contribution < -0.4 is 0 Å². The van der Waals surface area contributed by atoms with Gasteiger partial charge < -0.3 is 9.67 Å². The number of pyridine rings is 1. The maximum Gasteiger partial charge on any atom is 0.337 e. The maximum absolute atomic E-state index is 11.0. The van der Waals surface area contributed by atoms with Gasteiger partial charge in [0.1, 0.15) is 11.3 Å². The molecule has 2 rings (SSSR count). The zero-order valence-electron chi connectivity index (χ0n) is 11.8. The molecular weight excluding hydrogens is 242 g/mol. The number of nitrogens with zero attached hydrogens (tertiary/aromatic N) is 3. The number of aryl methyl sites for hydroxylation is 1. The summed E-state index contributed by atoms with van der Waals surface area (Å²) >= 11 is 0. The van der Waals surface area contributed by atoms with E-state index in [-0.39, 0.29) is 11.0 Å². The Morgan fingerprint density at radius 1 is 1.42 bits per heavy atom. The molecule has 5 nitrogen and oxygen atoms in total. The van der Waals surface area contributed by atoms with E-state index in [2.05, 4.69) is 30.7 Å². The highest BCUT2D eigenvalue weighted by molar-refractivity contribution is 5.90. The molecule has 0 aliphatic carbocycles. The molecule has 0 amide bonds. The molecule has 0 spiro atoms. The van der Waals surface area contributed by atoms with Crippen molar-refractivity contribution in [1.82, 2.24) is 14.5 Å². The van der Waals surface area contributed by atoms with Gasteiger partial charge in [-0.05, 0) is 18.4 Å². The van der Waals surface area contributed by atoms with Gasteiger partial charge in [0.15, 0.2) is 5.65 Å². The number of carboxylic acid groups (broad SMARTS) is 1. The van der Waals surface area contributed by atoms with E-state index in [4.69, 9.17) is 5.11 Å². The normalized spacial score (nSPS) is 12.0. The SMILES string of the molecule is CCn1c(CC(C)(C)C)nc2cc(C(=O)O)cnc21. The molecule has 1 N–H and O–H groups in total. The van der Waals surface area contributed by atoms with Gasteiger partial charge in [-0.25, -0.2) is 14.8 Å². The Balaban J connectivity index is 2.56. The number of aromatic nitrogens is 3. The van der Waals surface area contributed by atoms with E-state index in [1.54, 1.807) is 6.07 Å². The van der Waals surface area contributed by atoms with E-state index in [0.717, 1.165) is 24.4 Å². The number of rotatable bonds is 3. The Hall–Kier alpha value is -1.91. The number of carboxylic acids is 1. The van der Waals surface area contributed by atoms with Crippen LogP contribution in [0.1, 0.15) is 43.9 Å². The van der Waals surface area contributed by atoms with Crippen molar-refractivity contribution in [1.29, 1.82) is 0 Å². The molecule has 2 aromatic heterocycles. The highest BCUT2D eigenvalue weighted by Crippen LogP contribution is 2.23. The smallest absolute Gasteiger partial charge is 0.337 e. The molecule has 2 aromatic rings. The third-order valence-corrected chi connectivity index (χ3v) is 2.92. The lowest BCUT2D eigenvalue weighted by atomic mass is 9.92. The summed E-state index contributed by atoms with van der Waals surface area (Å²) in [5.41, 5.74) is 1.72. The van der Waals surface area contributed by atoms with E-state index >= 15 is 0 Å². The fraction of sp³-hybridized carbons (Fsp3) is 0.500. The van der Waals surface area contributed by atoms with E-state index < -0.39 is 5.97 Å². The summed E-state index contributed by atoms with van der Waals surface area (Å²) in [4.78, 5) is 19.8. The fourth-order valence-corrected chi connectivity index (χ4v) is 2.12. The van der Waals surface area contributed by atoms with E-state index in [1.807, 2.05) is 11.5 Å². The first kappa shape index (κ1) is 13.5. The lowest BCUT2D eigenvalue weighted by Crippen LogP contribution is -2.14. The minimum atomic E-state index is -0.974. The van der Waals surface area contributed by atoms with Crippen LogP contribution in [0.15, 0.2) is 12.3 Å². The van der Waals surface area contributed by atoms with Gasteiger partial charge in [-0.2, -0.15) is 0 Å². The quantitative estimate of drug-likeness (QED) is 0.922. The minimum Gasteiger partial charge on any atom is -0.478 e. The van der Waals surface area contributed by atoms with Crippen molar-refractivity contribution in [2.45, 2.75) is 40.7 Å². The van der Waals surface area contributed by atoms with Crippen LogP contribution >= 0.6 is 0 Å². The van der Waals surface area contributed by atoms with Crippen molar-refractivity contribution in [3.05, 3.63) is 23.7 Å². The second-order valence-corrected chi connectivity index (χ2v) is 5.88. The van der Waals surface area contributed by atoms with Crippen molar-refractivity contribution >= 4 is 17.1 Å². The van der Waals surface area contributed by atoms with E-state index in [1.165, 1.54) is 6.20 Å². The molecule has 0 radical (unpaired) electrons. The van der Waals surface area contributed by atoms with Gasteiger partial charge in [-0.15, -0.1) is 0 Å². The monoisotopic (exact) mass is 261 g/mol. The van der Waals surface area contributed by atoms with Crippen LogP contribution in [-0.4, -0.2) is 25.6 Å². The number of aromatic carboxylic acids is 1. The molecule has 5 heteroatoms. The van der Waals surface area contributed by atoms with Crippen molar-refractivity contribution in [3.63, 3.8) is 0 Å². The van der Waals surface area contributed by atoms with Crippen LogP contribution in [0.25, 0.3) is 11.2 Å². The molecule has 0 atom stereocenters. The third-order valence-electron chi connectivity index (χ3n) is 2.92. The van der Waals surface area contributed by atoms with Gasteiger partial charge in [-0.1, -0.05) is 20.8 Å². The summed E-state index contributed by atoms with van der Waals surface area (Å²) in [6.45, 7) is 9.29. The summed E-state index contributed by atoms with van der Waals surface area (Å²) in [5, 5.41) is 8.99. The van der Waals surface area contributed by atoms with Gasteiger partial charge in [0.25, 0.3) is 0 Å². The van der Waals surface area contributed by atoms with Crippen molar-refractivity contribution in [3.8, 4) is 0 Å². The number of carbonyl (C=O) groups is 1. The van der Waals surface area contributed by atoms with Gasteiger partial charge in [-0.3, -0.25) is 0 Å². The summed E-state index contributed by atoms with van der Waals surface area (Å²) in [5.74, 6) is -0.0159. The van der Waals surface area contributed by atoms with Crippen molar-refractivity contribution in [2.75, 3.05) is 0 Å². The number of imidazole rings is 1. The third kappa shape index (κ3) is 2.75. The standard InChI is InChI=1S/C14H19N3O2/c1-5-17-11(7-14(2,3)4)16-10-6-9(13(18)19)8-15-12(10)17/h6,8H,5,7H2,1-4H3,(H,18,19). The molecule has 0 aromatic carbocycles. The molecule has 0 bridgehead atoms. The van der Waals surface area contributed by atoms with Crippen molar-refractivity contribution < 1.29 is 9.90 Å². The van der Waals surface area contributed by atoms with Crippen LogP contribution in [0.4, 0.5) is 0 Å². The average Bonchev–Trinajstić information content (AvgIpc) is 2.62. The van der Waals surface area contributed by atoms with Gasteiger partial charge in [0, 0.05) is 19.2 Å². The van der Waals surface area contributed by atoms with Gasteiger partial charge in [0.05, 0.1) is 5.56 Å². The Labute approximate surface area is 112 Å². The molecule has 0 unspecified atom stereocenters. The molecule has 0 saturated heterocycles. The predicted molar refractivity (Wildman–Crippen MR) is 73.3 cm³/mol. The zero-order chi connectivity index (χ0) is 14.2. The highest BCUT2D eigenvalue weighted by Gasteiger charge is 2.19. The van der Waals surface area contributed by atoms with Crippen LogP contribution in [0, 0.1) is 5.41 Å². The molecule has 0 aliphatic heterocycles. The highest BCUT2D eigenvalue weighted by atomic mass is 16.4. The minimum absolute atomic E-state index is 0.129. The lowest BCUT2D eigenvalue weighted by Gasteiger charge is -2.17. The first-order valence-electron chi connectivity index (χ1n) is 6.40. The van der Waals surface area contributed by atoms with Crippen LogP contribution in [0.3, 0.4) is 0 Å². The molecule has 0 fully saturated rings. The number of fused-ring (bicyclic) bond motifs is 1. The average molecular weight is 261 g/mol. The van der Waals surface area contributed by atoms with Gasteiger partial charge >= 0.3 is 5.97 Å². The predicted octanol–water partition coefficient (Wildman–Crippen LogP) is 2.74. The molecule has 102 valence electrons. The summed E-state index contributed by atoms with van der Waals surface area (Å²) in [6, 6.07) is 1.59. The zero-order valence-corrected chi connectivity index (χ0v) is 11.8. The largest absolute Gasteiger partial charge is 0.478 e. The number of hydrogen-bond acceptors (Lipinski definition) is 3. The molecule has 2 heterocycles. The summed E-state index contributed by atoms with van der Waals surface area (Å²) in [7, 11) is 0. The Kier molecular flexibility index (Phi) is 3.30. The maximum atomic E-state index is 11.0. The Morgan fingerprint density at radius 3 is 2.63 bits per heavy atom. The first-order valence-corrected chi connectivity index (χ1v) is 6.40. The van der Waals surface area contributed by atoms with E-state index in [0.29, 0.717) is 5.52 Å². The van der Waals surface area contributed by atoms with E-state index in [9.17, 15) is 4.79 Å². The summed E-state index contributed by atoms with van der Waals surface area (Å²) < 4.78 is 2.05. The molecular formula is C14H19N3O2. The van der Waals surface area contributed by atoms with Crippen LogP contribution in [0.2, 0.25) is 0 Å². The molecule has 0 aliphatic rings. The second kappa shape index (κ2) is 4.64. The lowest BCUT2D eigenvalue weighted by molar-refractivity contribution is 0.0696. The number of hydrogen-bond donors (Lipinski definition) is 1. The first-order chi connectivity index (χ1) is 8.81. The van der Waals surface area contributed by atoms with Crippen molar-refractivity contribution in [2.24, 2.45) is 5.41 Å². The molecule has 0 saturated carbocycles. The molecule has 19 heavy (non-hydrogen) atoms. The summed E-state index contributed by atoms with van der Waals surface area (Å²) in [6.07, 6.45) is 2.22. The second-order valence-electron chi connectivity index (χ2n) is 5.88. The Morgan fingerprint density at radius 2 is 2.11 bits per heavy atom. The van der Waals surface area contributed by atoms with Crippen LogP contribution in [0.5, 0.6) is 0 Å². The fourth-order valence-electron chi connectivity index (χ4n) is 2.12. The van der Waals surface area contributed by atoms with Gasteiger partial charge in [0.2, 0.25) is 0 Å². The topological polar surface area (TPSA) is 68.0 Å².